The second-order valence-electron chi connectivity index (χ2n) is 4.17. The lowest BCUT2D eigenvalue weighted by molar-refractivity contribution is 0.388. The van der Waals surface area contributed by atoms with Crippen LogP contribution in [0.4, 0.5) is 5.82 Å². The summed E-state index contributed by atoms with van der Waals surface area (Å²) in [6.45, 7) is 5.89. The van der Waals surface area contributed by atoms with Crippen LogP contribution >= 0.6 is 0 Å². The van der Waals surface area contributed by atoms with Crippen LogP contribution < -0.4 is 10.9 Å². The van der Waals surface area contributed by atoms with Gasteiger partial charge in [-0.25, -0.2) is 4.98 Å². The van der Waals surface area contributed by atoms with E-state index in [0.717, 1.165) is 0 Å². The van der Waals surface area contributed by atoms with Gasteiger partial charge < -0.3 is 14.4 Å². The van der Waals surface area contributed by atoms with E-state index in [0.29, 0.717) is 18.3 Å². The Morgan fingerprint density at radius 2 is 2.28 bits per heavy atom. The summed E-state index contributed by atoms with van der Waals surface area (Å²) in [4.78, 5) is 20.1. The molecule has 0 amide bonds. The first kappa shape index (κ1) is 12.3. The predicted octanol–water partition coefficient (Wildman–Crippen LogP) is 1.13. The summed E-state index contributed by atoms with van der Waals surface area (Å²) in [6, 6.07) is 0.0912. The average molecular weight is 249 g/mol. The number of aryl methyl sites for hydroxylation is 1. The maximum absolute atomic E-state index is 12.0. The van der Waals surface area contributed by atoms with Crippen molar-refractivity contribution in [3.8, 4) is 0 Å². The average Bonchev–Trinajstić information content (AvgIpc) is 2.73. The highest BCUT2D eigenvalue weighted by Gasteiger charge is 2.08. The second kappa shape index (κ2) is 4.99. The van der Waals surface area contributed by atoms with E-state index in [9.17, 15) is 4.79 Å². The summed E-state index contributed by atoms with van der Waals surface area (Å²) in [5, 5.41) is 6.64. The Hall–Kier alpha value is -2.18. The van der Waals surface area contributed by atoms with E-state index >= 15 is 0 Å². The normalized spacial score (nSPS) is 10.9. The van der Waals surface area contributed by atoms with Crippen LogP contribution in [0.2, 0.25) is 0 Å². The summed E-state index contributed by atoms with van der Waals surface area (Å²) in [5.41, 5.74) is -0.160. The molecule has 0 saturated heterocycles. The number of hydrogen-bond acceptors (Lipinski definition) is 6. The van der Waals surface area contributed by atoms with Gasteiger partial charge >= 0.3 is 0 Å². The monoisotopic (exact) mass is 249 g/mol. The van der Waals surface area contributed by atoms with Gasteiger partial charge in [-0.2, -0.15) is 4.98 Å². The Labute approximate surface area is 104 Å². The van der Waals surface area contributed by atoms with E-state index in [1.54, 1.807) is 23.9 Å². The molecule has 2 aromatic rings. The third kappa shape index (κ3) is 2.55. The Kier molecular flexibility index (Phi) is 3.40. The highest BCUT2D eigenvalue weighted by Crippen LogP contribution is 2.03. The quantitative estimate of drug-likeness (QED) is 0.874. The minimum atomic E-state index is -0.160. The van der Waals surface area contributed by atoms with Gasteiger partial charge in [0.15, 0.2) is 11.6 Å². The molecule has 2 rings (SSSR count). The standard InChI is InChI=1S/C11H15N5O2/c1-7(2)16-5-4-12-10(11(16)17)13-6-9-14-8(3)18-15-9/h4-5,7H,6H2,1-3H3,(H,12,13). The van der Waals surface area contributed by atoms with Gasteiger partial charge in [0.05, 0.1) is 6.54 Å². The number of nitrogens with zero attached hydrogens (tertiary/aromatic N) is 4. The Balaban J connectivity index is 2.15. The molecule has 1 N–H and O–H groups in total. The van der Waals surface area contributed by atoms with E-state index in [-0.39, 0.29) is 17.4 Å². The van der Waals surface area contributed by atoms with Crippen molar-refractivity contribution in [2.45, 2.75) is 33.4 Å². The molecule has 0 unspecified atom stereocenters. The van der Waals surface area contributed by atoms with Gasteiger partial charge in [-0.3, -0.25) is 4.79 Å². The molecule has 0 spiro atoms. The Morgan fingerprint density at radius 1 is 1.50 bits per heavy atom. The zero-order valence-corrected chi connectivity index (χ0v) is 10.5. The molecular formula is C11H15N5O2. The topological polar surface area (TPSA) is 85.8 Å². The fourth-order valence-electron chi connectivity index (χ4n) is 1.53. The van der Waals surface area contributed by atoms with Gasteiger partial charge in [0.1, 0.15) is 0 Å². The van der Waals surface area contributed by atoms with Crippen molar-refractivity contribution < 1.29 is 4.52 Å². The molecule has 0 saturated carbocycles. The lowest BCUT2D eigenvalue weighted by Gasteiger charge is -2.10. The van der Waals surface area contributed by atoms with Crippen LogP contribution in [-0.2, 0) is 6.54 Å². The van der Waals surface area contributed by atoms with Gasteiger partial charge in [-0.15, -0.1) is 0 Å². The van der Waals surface area contributed by atoms with Crippen LogP contribution in [0.3, 0.4) is 0 Å². The van der Waals surface area contributed by atoms with E-state index in [2.05, 4.69) is 20.4 Å². The SMILES string of the molecule is Cc1nc(CNc2nccn(C(C)C)c2=O)no1. The maximum Gasteiger partial charge on any atom is 0.293 e. The van der Waals surface area contributed by atoms with Crippen molar-refractivity contribution in [1.82, 2.24) is 19.7 Å². The summed E-state index contributed by atoms with van der Waals surface area (Å²) in [6.07, 6.45) is 3.25. The van der Waals surface area contributed by atoms with E-state index in [1.165, 1.54) is 0 Å². The van der Waals surface area contributed by atoms with Crippen LogP contribution in [0.15, 0.2) is 21.7 Å². The molecule has 0 radical (unpaired) electrons. The first-order valence-electron chi connectivity index (χ1n) is 5.68. The maximum atomic E-state index is 12.0. The van der Waals surface area contributed by atoms with Crippen LogP contribution in [0.1, 0.15) is 31.6 Å². The van der Waals surface area contributed by atoms with Gasteiger partial charge in [-0.05, 0) is 13.8 Å². The van der Waals surface area contributed by atoms with Crippen molar-refractivity contribution in [1.29, 1.82) is 0 Å². The molecule has 0 aliphatic carbocycles. The summed E-state index contributed by atoms with van der Waals surface area (Å²) in [7, 11) is 0. The molecule has 0 fully saturated rings. The first-order chi connectivity index (χ1) is 8.58. The van der Waals surface area contributed by atoms with Crippen molar-refractivity contribution in [3.05, 3.63) is 34.5 Å². The summed E-state index contributed by atoms with van der Waals surface area (Å²) < 4.78 is 6.45. The van der Waals surface area contributed by atoms with Crippen LogP contribution in [0, 0.1) is 6.92 Å². The molecule has 18 heavy (non-hydrogen) atoms. The molecular weight excluding hydrogens is 234 g/mol. The Bertz CT molecular complexity index is 587. The minimum Gasteiger partial charge on any atom is -0.358 e. The molecule has 96 valence electrons. The third-order valence-corrected chi connectivity index (χ3v) is 2.41. The zero-order chi connectivity index (χ0) is 13.1. The van der Waals surface area contributed by atoms with Crippen molar-refractivity contribution in [2.24, 2.45) is 0 Å². The van der Waals surface area contributed by atoms with Crippen molar-refractivity contribution >= 4 is 5.82 Å². The van der Waals surface area contributed by atoms with E-state index in [1.807, 2.05) is 13.8 Å². The third-order valence-electron chi connectivity index (χ3n) is 2.41. The fourth-order valence-corrected chi connectivity index (χ4v) is 1.53. The first-order valence-corrected chi connectivity index (χ1v) is 5.68. The molecule has 0 bridgehead atoms. The highest BCUT2D eigenvalue weighted by molar-refractivity contribution is 5.31. The smallest absolute Gasteiger partial charge is 0.293 e. The van der Waals surface area contributed by atoms with E-state index in [4.69, 9.17) is 4.52 Å². The van der Waals surface area contributed by atoms with Gasteiger partial charge in [0.2, 0.25) is 5.89 Å². The van der Waals surface area contributed by atoms with Crippen molar-refractivity contribution in [2.75, 3.05) is 5.32 Å². The molecule has 7 heteroatoms. The molecule has 2 aromatic heterocycles. The number of hydrogen-bond donors (Lipinski definition) is 1. The Morgan fingerprint density at radius 3 is 2.89 bits per heavy atom. The highest BCUT2D eigenvalue weighted by atomic mass is 16.5. The van der Waals surface area contributed by atoms with Crippen LogP contribution in [0.5, 0.6) is 0 Å². The second-order valence-corrected chi connectivity index (χ2v) is 4.17. The summed E-state index contributed by atoms with van der Waals surface area (Å²) >= 11 is 0. The fraction of sp³-hybridized carbons (Fsp3) is 0.455. The number of anilines is 1. The van der Waals surface area contributed by atoms with Crippen molar-refractivity contribution in [3.63, 3.8) is 0 Å². The lowest BCUT2D eigenvalue weighted by Crippen LogP contribution is -2.25. The molecule has 2 heterocycles. The van der Waals surface area contributed by atoms with Gasteiger partial charge in [0, 0.05) is 25.4 Å². The molecule has 0 aliphatic heterocycles. The summed E-state index contributed by atoms with van der Waals surface area (Å²) in [5.74, 6) is 1.27. The number of nitrogens with one attached hydrogen (secondary N) is 1. The van der Waals surface area contributed by atoms with Gasteiger partial charge in [0.25, 0.3) is 5.56 Å². The van der Waals surface area contributed by atoms with Gasteiger partial charge in [-0.1, -0.05) is 5.16 Å². The largest absolute Gasteiger partial charge is 0.358 e. The van der Waals surface area contributed by atoms with Crippen LogP contribution in [-0.4, -0.2) is 19.7 Å². The lowest BCUT2D eigenvalue weighted by atomic mass is 10.4. The van der Waals surface area contributed by atoms with E-state index < -0.39 is 0 Å². The molecule has 0 aliphatic rings. The molecule has 7 nitrogen and oxygen atoms in total. The number of rotatable bonds is 4. The predicted molar refractivity (Wildman–Crippen MR) is 65.2 cm³/mol. The number of aromatic nitrogens is 4. The zero-order valence-electron chi connectivity index (χ0n) is 10.5. The van der Waals surface area contributed by atoms with Crippen LogP contribution in [0.25, 0.3) is 0 Å². The molecule has 0 aromatic carbocycles. The molecule has 0 atom stereocenters. The minimum absolute atomic E-state index is 0.0912.